The van der Waals surface area contributed by atoms with Crippen LogP contribution in [0.5, 0.6) is 5.75 Å². The number of rotatable bonds is 7. The Balaban J connectivity index is 1.56. The van der Waals surface area contributed by atoms with Crippen LogP contribution in [0.2, 0.25) is 0 Å². The summed E-state index contributed by atoms with van der Waals surface area (Å²) in [5.41, 5.74) is 1.68. The van der Waals surface area contributed by atoms with Gasteiger partial charge in [-0.3, -0.25) is 9.36 Å². The first-order valence-corrected chi connectivity index (χ1v) is 9.55. The second-order valence-electron chi connectivity index (χ2n) is 6.23. The highest BCUT2D eigenvalue weighted by molar-refractivity contribution is 7.99. The topological polar surface area (TPSA) is 57.0 Å². The second-order valence-corrected chi connectivity index (χ2v) is 7.17. The first-order valence-electron chi connectivity index (χ1n) is 8.57. The predicted octanol–water partition coefficient (Wildman–Crippen LogP) is 4.13. The zero-order valence-electron chi connectivity index (χ0n) is 14.5. The minimum absolute atomic E-state index is 0.0458. The Hall–Kier alpha value is -2.60. The van der Waals surface area contributed by atoms with Gasteiger partial charge in [0.1, 0.15) is 11.6 Å². The Bertz CT molecular complexity index is 920. The van der Waals surface area contributed by atoms with Gasteiger partial charge in [-0.2, -0.15) is 0 Å². The van der Waals surface area contributed by atoms with Crippen LogP contribution >= 0.6 is 11.8 Å². The van der Waals surface area contributed by atoms with Crippen molar-refractivity contribution < 1.29 is 9.53 Å². The van der Waals surface area contributed by atoms with Gasteiger partial charge in [0.05, 0.1) is 12.9 Å². The number of ether oxygens (including phenoxy) is 1. The number of carbonyl (C=O) groups is 1. The van der Waals surface area contributed by atoms with Crippen LogP contribution in [0.1, 0.15) is 34.9 Å². The quantitative estimate of drug-likeness (QED) is 0.465. The van der Waals surface area contributed by atoms with E-state index in [1.807, 2.05) is 48.5 Å². The zero-order valence-corrected chi connectivity index (χ0v) is 15.3. The van der Waals surface area contributed by atoms with Gasteiger partial charge in [0, 0.05) is 17.2 Å². The molecule has 0 saturated heterocycles. The number of thioether (sulfide) groups is 1. The van der Waals surface area contributed by atoms with Crippen LogP contribution in [0.25, 0.3) is 5.69 Å². The molecular weight excluding hydrogens is 346 g/mol. The van der Waals surface area contributed by atoms with Crippen molar-refractivity contribution in [2.75, 3.05) is 12.9 Å². The van der Waals surface area contributed by atoms with Gasteiger partial charge in [-0.25, -0.2) is 0 Å². The second kappa shape index (κ2) is 7.33. The van der Waals surface area contributed by atoms with Gasteiger partial charge >= 0.3 is 0 Å². The average Bonchev–Trinajstić information content (AvgIpc) is 3.46. The predicted molar refractivity (Wildman–Crippen MR) is 101 cm³/mol. The molecule has 3 aromatic rings. The maximum atomic E-state index is 12.6. The third-order valence-electron chi connectivity index (χ3n) is 4.34. The largest absolute Gasteiger partial charge is 0.497 e. The van der Waals surface area contributed by atoms with Crippen molar-refractivity contribution in [3.05, 3.63) is 66.0 Å². The minimum atomic E-state index is 0.0458. The van der Waals surface area contributed by atoms with E-state index in [0.29, 0.717) is 23.0 Å². The van der Waals surface area contributed by atoms with E-state index in [1.165, 1.54) is 11.8 Å². The minimum Gasteiger partial charge on any atom is -0.497 e. The van der Waals surface area contributed by atoms with E-state index in [-0.39, 0.29) is 5.78 Å². The van der Waals surface area contributed by atoms with E-state index in [9.17, 15) is 4.79 Å². The van der Waals surface area contributed by atoms with Gasteiger partial charge in [-0.05, 0) is 37.1 Å². The fraction of sp³-hybridized carbons (Fsp3) is 0.250. The van der Waals surface area contributed by atoms with Crippen LogP contribution in [0.15, 0.2) is 59.8 Å². The number of hydrogen-bond acceptors (Lipinski definition) is 5. The van der Waals surface area contributed by atoms with Crippen molar-refractivity contribution in [2.45, 2.75) is 23.9 Å². The van der Waals surface area contributed by atoms with E-state index in [2.05, 4.69) is 14.8 Å². The Labute approximate surface area is 156 Å². The van der Waals surface area contributed by atoms with Crippen molar-refractivity contribution in [3.63, 3.8) is 0 Å². The van der Waals surface area contributed by atoms with Crippen molar-refractivity contribution in [1.29, 1.82) is 0 Å². The highest BCUT2D eigenvalue weighted by Gasteiger charge is 2.31. The van der Waals surface area contributed by atoms with Gasteiger partial charge in [-0.1, -0.05) is 42.1 Å². The number of aromatic nitrogens is 3. The fourth-order valence-corrected chi connectivity index (χ4v) is 3.66. The van der Waals surface area contributed by atoms with E-state index in [1.54, 1.807) is 13.2 Å². The van der Waals surface area contributed by atoms with Gasteiger partial charge in [0.25, 0.3) is 0 Å². The molecule has 5 nitrogen and oxygen atoms in total. The number of methoxy groups -OCH3 is 1. The summed E-state index contributed by atoms with van der Waals surface area (Å²) in [7, 11) is 1.60. The van der Waals surface area contributed by atoms with Crippen LogP contribution in [0.3, 0.4) is 0 Å². The van der Waals surface area contributed by atoms with Crippen LogP contribution in [0, 0.1) is 0 Å². The lowest BCUT2D eigenvalue weighted by atomic mass is 10.1. The summed E-state index contributed by atoms with van der Waals surface area (Å²) in [6.07, 6.45) is 2.30. The van der Waals surface area contributed by atoms with Gasteiger partial charge in [0.2, 0.25) is 0 Å². The molecule has 0 unspecified atom stereocenters. The SMILES string of the molecule is COc1cccc(C(=O)CSc2nnc(C3CC3)n2-c2ccccc2)c1. The molecule has 1 aliphatic rings. The van der Waals surface area contributed by atoms with Crippen molar-refractivity contribution in [3.8, 4) is 11.4 Å². The van der Waals surface area contributed by atoms with E-state index in [4.69, 9.17) is 4.74 Å². The molecule has 1 heterocycles. The Morgan fingerprint density at radius 2 is 1.96 bits per heavy atom. The lowest BCUT2D eigenvalue weighted by molar-refractivity contribution is 0.102. The molecule has 0 spiro atoms. The molecular formula is C20H19N3O2S. The molecule has 2 aromatic carbocycles. The van der Waals surface area contributed by atoms with Crippen LogP contribution in [-0.4, -0.2) is 33.4 Å². The molecule has 1 aliphatic carbocycles. The summed E-state index contributed by atoms with van der Waals surface area (Å²) in [5, 5.41) is 9.50. The third-order valence-corrected chi connectivity index (χ3v) is 5.27. The van der Waals surface area contributed by atoms with Gasteiger partial charge in [0.15, 0.2) is 10.9 Å². The standard InChI is InChI=1S/C20H19N3O2S/c1-25-17-9-5-6-15(12-17)18(24)13-26-20-22-21-19(14-10-11-14)23(20)16-7-3-2-4-8-16/h2-9,12,14H,10-11,13H2,1H3. The molecule has 0 amide bonds. The number of Topliss-reactive ketones (excluding diaryl/α,β-unsaturated/α-hetero) is 1. The molecule has 0 bridgehead atoms. The molecule has 0 atom stereocenters. The number of ketones is 1. The normalized spacial score (nSPS) is 13.6. The van der Waals surface area contributed by atoms with E-state index < -0.39 is 0 Å². The van der Waals surface area contributed by atoms with Crippen LogP contribution < -0.4 is 4.74 Å². The molecule has 0 radical (unpaired) electrons. The highest BCUT2D eigenvalue weighted by atomic mass is 32.2. The molecule has 0 aliphatic heterocycles. The molecule has 1 fully saturated rings. The number of hydrogen-bond donors (Lipinski definition) is 0. The lowest BCUT2D eigenvalue weighted by Gasteiger charge is -2.09. The fourth-order valence-electron chi connectivity index (χ4n) is 2.81. The van der Waals surface area contributed by atoms with Crippen molar-refractivity contribution in [2.24, 2.45) is 0 Å². The summed E-state index contributed by atoms with van der Waals surface area (Å²) in [6.45, 7) is 0. The molecule has 6 heteroatoms. The number of nitrogens with zero attached hydrogens (tertiary/aromatic N) is 3. The highest BCUT2D eigenvalue weighted by Crippen LogP contribution is 2.41. The maximum Gasteiger partial charge on any atom is 0.196 e. The number of benzene rings is 2. The van der Waals surface area contributed by atoms with Crippen molar-refractivity contribution >= 4 is 17.5 Å². The number of carbonyl (C=O) groups excluding carboxylic acids is 1. The zero-order chi connectivity index (χ0) is 17.9. The summed E-state index contributed by atoms with van der Waals surface area (Å²) >= 11 is 1.42. The first kappa shape index (κ1) is 16.8. The average molecular weight is 365 g/mol. The monoisotopic (exact) mass is 365 g/mol. The molecule has 26 heavy (non-hydrogen) atoms. The van der Waals surface area contributed by atoms with Gasteiger partial charge < -0.3 is 4.74 Å². The molecule has 132 valence electrons. The summed E-state index contributed by atoms with van der Waals surface area (Å²) in [6, 6.07) is 17.3. The molecule has 0 N–H and O–H groups in total. The van der Waals surface area contributed by atoms with Crippen LogP contribution in [-0.2, 0) is 0 Å². The lowest BCUT2D eigenvalue weighted by Crippen LogP contribution is -2.06. The first-order chi connectivity index (χ1) is 12.8. The maximum absolute atomic E-state index is 12.6. The molecule has 1 saturated carbocycles. The van der Waals surface area contributed by atoms with E-state index in [0.717, 1.165) is 29.5 Å². The molecule has 4 rings (SSSR count). The Kier molecular flexibility index (Phi) is 4.75. The van der Waals surface area contributed by atoms with E-state index >= 15 is 0 Å². The summed E-state index contributed by atoms with van der Waals surface area (Å²) in [5.74, 6) is 2.51. The Morgan fingerprint density at radius 3 is 2.69 bits per heavy atom. The Morgan fingerprint density at radius 1 is 1.15 bits per heavy atom. The summed E-state index contributed by atoms with van der Waals surface area (Å²) < 4.78 is 7.28. The van der Waals surface area contributed by atoms with Crippen molar-refractivity contribution in [1.82, 2.24) is 14.8 Å². The molecule has 1 aromatic heterocycles. The third kappa shape index (κ3) is 3.51. The summed E-state index contributed by atoms with van der Waals surface area (Å²) in [4.78, 5) is 12.6. The van der Waals surface area contributed by atoms with Crippen LogP contribution in [0.4, 0.5) is 0 Å². The smallest absolute Gasteiger partial charge is 0.196 e. The van der Waals surface area contributed by atoms with Gasteiger partial charge in [-0.15, -0.1) is 10.2 Å². The number of para-hydroxylation sites is 1.